The molecule has 0 aromatic carbocycles. The van der Waals surface area contributed by atoms with Crippen molar-refractivity contribution in [2.24, 2.45) is 5.92 Å². The normalized spacial score (nSPS) is 23.3. The third-order valence-electron chi connectivity index (χ3n) is 4.12. The second kappa shape index (κ2) is 8.11. The van der Waals surface area contributed by atoms with Crippen molar-refractivity contribution in [3.63, 3.8) is 0 Å². The lowest BCUT2D eigenvalue weighted by Gasteiger charge is -2.32. The van der Waals surface area contributed by atoms with Crippen LogP contribution in [-0.2, 0) is 10.8 Å². The van der Waals surface area contributed by atoms with Gasteiger partial charge in [0.15, 0.2) is 0 Å². The first-order valence-electron chi connectivity index (χ1n) is 7.89. The molecule has 0 aliphatic carbocycles. The number of rotatable bonds is 5. The van der Waals surface area contributed by atoms with E-state index in [0.29, 0.717) is 17.4 Å². The summed E-state index contributed by atoms with van der Waals surface area (Å²) < 4.78 is 11.4. The van der Waals surface area contributed by atoms with Gasteiger partial charge in [0, 0.05) is 40.3 Å². The number of nitrogens with one attached hydrogen (secondary N) is 1. The van der Waals surface area contributed by atoms with Crippen molar-refractivity contribution >= 4 is 28.2 Å². The maximum Gasteiger partial charge on any atom is 0.317 e. The molecule has 0 unspecified atom stereocenters. The molecule has 1 aliphatic heterocycles. The third kappa shape index (κ3) is 4.81. The molecule has 2 amide bonds. The van der Waals surface area contributed by atoms with Gasteiger partial charge in [-0.25, -0.2) is 4.79 Å². The first-order valence-corrected chi connectivity index (χ1v) is 10.3. The van der Waals surface area contributed by atoms with Gasteiger partial charge in [0.1, 0.15) is 0 Å². The topological polar surface area (TPSA) is 49.4 Å². The van der Waals surface area contributed by atoms with E-state index in [1.807, 2.05) is 13.1 Å². The van der Waals surface area contributed by atoms with Crippen LogP contribution in [0.5, 0.6) is 0 Å². The molecule has 1 fully saturated rings. The SMILES string of the molecule is CC(C)C[C@H](NC(=O)N(C)C1CCS(=O)CC1)c1cccs1. The van der Waals surface area contributed by atoms with Crippen molar-refractivity contribution in [1.82, 2.24) is 10.2 Å². The Balaban J connectivity index is 1.96. The Morgan fingerprint density at radius 2 is 2.14 bits per heavy atom. The van der Waals surface area contributed by atoms with Crippen LogP contribution in [0, 0.1) is 5.92 Å². The Kier molecular flexibility index (Phi) is 6.44. The van der Waals surface area contributed by atoms with Gasteiger partial charge in [-0.3, -0.25) is 4.21 Å². The summed E-state index contributed by atoms with van der Waals surface area (Å²) in [5, 5.41) is 5.23. The molecule has 1 atom stereocenters. The first kappa shape index (κ1) is 17.5. The van der Waals surface area contributed by atoms with E-state index in [9.17, 15) is 9.00 Å². The van der Waals surface area contributed by atoms with Gasteiger partial charge in [-0.2, -0.15) is 0 Å². The zero-order chi connectivity index (χ0) is 16.1. The standard InChI is InChI=1S/C16H26N2O2S2/c1-12(2)11-14(15-5-4-8-21-15)17-16(19)18(3)13-6-9-22(20)10-7-13/h4-5,8,12-14H,6-7,9-11H2,1-3H3,(H,17,19)/t13?,14-,22?/m0/s1. The van der Waals surface area contributed by atoms with Gasteiger partial charge in [-0.1, -0.05) is 19.9 Å². The molecule has 1 saturated heterocycles. The molecule has 1 aromatic heterocycles. The molecule has 4 nitrogen and oxygen atoms in total. The number of thiophene rings is 1. The van der Waals surface area contributed by atoms with Crippen molar-refractivity contribution in [3.05, 3.63) is 22.4 Å². The Morgan fingerprint density at radius 1 is 1.45 bits per heavy atom. The van der Waals surface area contributed by atoms with Gasteiger partial charge >= 0.3 is 6.03 Å². The van der Waals surface area contributed by atoms with Crippen LogP contribution in [0.1, 0.15) is 44.0 Å². The van der Waals surface area contributed by atoms with Gasteiger partial charge in [0.2, 0.25) is 0 Å². The number of carbonyl (C=O) groups excluding carboxylic acids is 1. The Hall–Kier alpha value is -0.880. The molecule has 1 aromatic rings. The van der Waals surface area contributed by atoms with E-state index in [0.717, 1.165) is 19.3 Å². The van der Waals surface area contributed by atoms with Crippen LogP contribution in [0.15, 0.2) is 17.5 Å². The molecule has 22 heavy (non-hydrogen) atoms. The monoisotopic (exact) mass is 342 g/mol. The lowest BCUT2D eigenvalue weighted by atomic mass is 10.0. The largest absolute Gasteiger partial charge is 0.330 e. The van der Waals surface area contributed by atoms with Gasteiger partial charge in [-0.05, 0) is 36.6 Å². The minimum atomic E-state index is -0.690. The highest BCUT2D eigenvalue weighted by atomic mass is 32.2. The van der Waals surface area contributed by atoms with Crippen LogP contribution in [0.4, 0.5) is 4.79 Å². The van der Waals surface area contributed by atoms with E-state index in [1.54, 1.807) is 16.2 Å². The Morgan fingerprint density at radius 3 is 2.68 bits per heavy atom. The maximum absolute atomic E-state index is 12.6. The molecule has 1 aliphatic rings. The van der Waals surface area contributed by atoms with E-state index >= 15 is 0 Å². The zero-order valence-corrected chi connectivity index (χ0v) is 15.2. The fourth-order valence-corrected chi connectivity index (χ4v) is 4.86. The van der Waals surface area contributed by atoms with Crippen molar-refractivity contribution in [3.8, 4) is 0 Å². The van der Waals surface area contributed by atoms with Crippen LogP contribution in [0.3, 0.4) is 0 Å². The van der Waals surface area contributed by atoms with Crippen molar-refractivity contribution in [1.29, 1.82) is 0 Å². The molecule has 2 rings (SSSR count). The number of nitrogens with zero attached hydrogens (tertiary/aromatic N) is 1. The summed E-state index contributed by atoms with van der Waals surface area (Å²) in [7, 11) is 1.17. The van der Waals surface area contributed by atoms with Crippen LogP contribution in [0.2, 0.25) is 0 Å². The molecule has 2 heterocycles. The van der Waals surface area contributed by atoms with Gasteiger partial charge in [0.25, 0.3) is 0 Å². The molecular weight excluding hydrogens is 316 g/mol. The van der Waals surface area contributed by atoms with E-state index in [1.165, 1.54) is 4.88 Å². The number of hydrogen-bond donors (Lipinski definition) is 1. The summed E-state index contributed by atoms with van der Waals surface area (Å²) in [6, 6.07) is 4.38. The van der Waals surface area contributed by atoms with Crippen molar-refractivity contribution < 1.29 is 9.00 Å². The molecule has 124 valence electrons. The molecule has 0 spiro atoms. The van der Waals surface area contributed by atoms with Crippen molar-refractivity contribution in [2.45, 2.75) is 45.2 Å². The van der Waals surface area contributed by atoms with Crippen LogP contribution in [0.25, 0.3) is 0 Å². The van der Waals surface area contributed by atoms with Crippen LogP contribution in [-0.4, -0.2) is 39.7 Å². The van der Waals surface area contributed by atoms with Crippen LogP contribution >= 0.6 is 11.3 Å². The molecule has 1 N–H and O–H groups in total. The van der Waals surface area contributed by atoms with Gasteiger partial charge < -0.3 is 10.2 Å². The quantitative estimate of drug-likeness (QED) is 0.892. The average Bonchev–Trinajstić information content (AvgIpc) is 3.00. The van der Waals surface area contributed by atoms with E-state index < -0.39 is 10.8 Å². The Labute approximate surface area is 139 Å². The molecule has 0 radical (unpaired) electrons. The van der Waals surface area contributed by atoms with Crippen LogP contribution < -0.4 is 5.32 Å². The number of urea groups is 1. The smallest absolute Gasteiger partial charge is 0.317 e. The second-order valence-corrected chi connectivity index (χ2v) is 9.01. The predicted octanol–water partition coefficient (Wildman–Crippen LogP) is 3.39. The maximum atomic E-state index is 12.6. The number of amides is 2. The average molecular weight is 343 g/mol. The van der Waals surface area contributed by atoms with Gasteiger partial charge in [-0.15, -0.1) is 11.3 Å². The molecular formula is C16H26N2O2S2. The molecule has 0 saturated carbocycles. The highest BCUT2D eigenvalue weighted by Crippen LogP contribution is 2.26. The van der Waals surface area contributed by atoms with Gasteiger partial charge in [0.05, 0.1) is 6.04 Å². The second-order valence-electron chi connectivity index (χ2n) is 6.34. The highest BCUT2D eigenvalue weighted by molar-refractivity contribution is 7.85. The lowest BCUT2D eigenvalue weighted by molar-refractivity contribution is 0.181. The summed E-state index contributed by atoms with van der Waals surface area (Å²) in [6.07, 6.45) is 2.61. The minimum absolute atomic E-state index is 0.0169. The van der Waals surface area contributed by atoms with E-state index in [2.05, 4.69) is 30.6 Å². The van der Waals surface area contributed by atoms with Crippen molar-refractivity contribution in [2.75, 3.05) is 18.6 Å². The predicted molar refractivity (Wildman–Crippen MR) is 93.7 cm³/mol. The number of carbonyl (C=O) groups is 1. The van der Waals surface area contributed by atoms with E-state index in [4.69, 9.17) is 0 Å². The first-order chi connectivity index (χ1) is 10.5. The summed E-state index contributed by atoms with van der Waals surface area (Å²) in [5.41, 5.74) is 0. The number of hydrogen-bond acceptors (Lipinski definition) is 3. The molecule has 0 bridgehead atoms. The fraction of sp³-hybridized carbons (Fsp3) is 0.688. The summed E-state index contributed by atoms with van der Waals surface area (Å²) in [5.74, 6) is 1.94. The summed E-state index contributed by atoms with van der Waals surface area (Å²) in [4.78, 5) is 15.6. The zero-order valence-electron chi connectivity index (χ0n) is 13.6. The summed E-state index contributed by atoms with van der Waals surface area (Å²) in [6.45, 7) is 4.35. The fourth-order valence-electron chi connectivity index (χ4n) is 2.79. The minimum Gasteiger partial charge on any atom is -0.330 e. The van der Waals surface area contributed by atoms with E-state index in [-0.39, 0.29) is 18.1 Å². The summed E-state index contributed by atoms with van der Waals surface area (Å²) >= 11 is 1.69. The molecule has 6 heteroatoms. The lowest BCUT2D eigenvalue weighted by Crippen LogP contribution is -2.47. The Bertz CT molecular complexity index is 492. The third-order valence-corrected chi connectivity index (χ3v) is 6.49. The highest BCUT2D eigenvalue weighted by Gasteiger charge is 2.26.